The van der Waals surface area contributed by atoms with Crippen molar-refractivity contribution < 1.29 is 19.1 Å². The third kappa shape index (κ3) is 6.49. The Morgan fingerprint density at radius 1 is 0.769 bits per heavy atom. The molecule has 3 saturated heterocycles. The van der Waals surface area contributed by atoms with Gasteiger partial charge in [-0.05, 0) is 70.7 Å². The van der Waals surface area contributed by atoms with E-state index >= 15 is 0 Å². The summed E-state index contributed by atoms with van der Waals surface area (Å²) in [6.07, 6.45) is 3.98. The second-order valence-corrected chi connectivity index (χ2v) is 11.7. The third-order valence-electron chi connectivity index (χ3n) is 7.12. The molecule has 0 N–H and O–H groups in total. The van der Waals surface area contributed by atoms with Crippen molar-refractivity contribution in [2.24, 2.45) is 0 Å². The average molecular weight is 557 g/mol. The summed E-state index contributed by atoms with van der Waals surface area (Å²) in [4.78, 5) is 44.1. The molecule has 1 aromatic carbocycles. The van der Waals surface area contributed by atoms with Crippen LogP contribution in [0.4, 0.5) is 22.4 Å². The van der Waals surface area contributed by atoms with Crippen LogP contribution in [0.1, 0.15) is 56.8 Å². The van der Waals surface area contributed by atoms with Crippen LogP contribution >= 0.6 is 11.6 Å². The van der Waals surface area contributed by atoms with E-state index in [0.717, 1.165) is 51.9 Å². The summed E-state index contributed by atoms with van der Waals surface area (Å²) in [7, 11) is 0. The summed E-state index contributed by atoms with van der Waals surface area (Å²) in [6, 6.07) is 6.64. The highest BCUT2D eigenvalue weighted by molar-refractivity contribution is 6.30. The molecule has 10 nitrogen and oxygen atoms in total. The lowest BCUT2D eigenvalue weighted by Crippen LogP contribution is -2.50. The zero-order chi connectivity index (χ0) is 27.6. The molecule has 0 bridgehead atoms. The highest BCUT2D eigenvalue weighted by Gasteiger charge is 2.33. The normalized spacial score (nSPS) is 18.1. The van der Waals surface area contributed by atoms with Crippen molar-refractivity contribution in [3.63, 3.8) is 0 Å². The number of halogens is 1. The first-order valence-corrected chi connectivity index (χ1v) is 14.2. The fraction of sp³-hybridized carbons (Fsp3) is 0.571. The molecule has 3 aliphatic heterocycles. The number of rotatable bonds is 5. The van der Waals surface area contributed by atoms with Gasteiger partial charge in [0.15, 0.2) is 11.6 Å². The van der Waals surface area contributed by atoms with E-state index in [2.05, 4.69) is 14.7 Å². The van der Waals surface area contributed by atoms with Gasteiger partial charge in [-0.3, -0.25) is 0 Å². The van der Waals surface area contributed by atoms with Crippen LogP contribution in [0.3, 0.4) is 0 Å². The predicted octanol–water partition coefficient (Wildman–Crippen LogP) is 4.61. The van der Waals surface area contributed by atoms with E-state index in [4.69, 9.17) is 31.0 Å². The largest absolute Gasteiger partial charge is 0.444 e. The molecule has 5 rings (SSSR count). The molecule has 0 saturated carbocycles. The molecule has 39 heavy (non-hydrogen) atoms. The number of piperazine rings is 1. The molecule has 0 unspecified atom stereocenters. The van der Waals surface area contributed by atoms with Crippen molar-refractivity contribution in [1.29, 1.82) is 0 Å². The van der Waals surface area contributed by atoms with Crippen molar-refractivity contribution in [2.75, 3.05) is 67.1 Å². The van der Waals surface area contributed by atoms with Crippen LogP contribution in [0.15, 0.2) is 24.3 Å². The van der Waals surface area contributed by atoms with Crippen molar-refractivity contribution in [2.45, 2.75) is 52.1 Å². The summed E-state index contributed by atoms with van der Waals surface area (Å²) in [5, 5.41) is 0.547. The Labute approximate surface area is 234 Å². The van der Waals surface area contributed by atoms with Crippen molar-refractivity contribution in [3.8, 4) is 5.75 Å². The standard InChI is InChI=1S/C28H37ClN6O4/c1-28(2,3)39-27(37)35-18-16-33(17-19-35)24-22(38-25(36)20-8-10-21(29)11-9-20)23(32-12-4-5-13-32)30-26(31-24)34-14-6-7-15-34/h8-11H,4-7,12-19H2,1-3H3. The number of carbonyl (C=O) groups is 2. The number of esters is 1. The van der Waals surface area contributed by atoms with E-state index in [1.54, 1.807) is 29.2 Å². The maximum Gasteiger partial charge on any atom is 0.410 e. The van der Waals surface area contributed by atoms with Gasteiger partial charge in [-0.1, -0.05) is 11.6 Å². The molecule has 3 aliphatic rings. The SMILES string of the molecule is CC(C)(C)OC(=O)N1CCN(c2nc(N3CCCC3)nc(N3CCCC3)c2OC(=O)c2ccc(Cl)cc2)CC1. The summed E-state index contributed by atoms with van der Waals surface area (Å²) < 4.78 is 11.7. The maximum atomic E-state index is 13.3. The fourth-order valence-electron chi connectivity index (χ4n) is 5.09. The lowest BCUT2D eigenvalue weighted by molar-refractivity contribution is 0.0240. The molecule has 0 radical (unpaired) electrons. The zero-order valence-electron chi connectivity index (χ0n) is 23.0. The smallest absolute Gasteiger partial charge is 0.410 e. The first kappa shape index (κ1) is 27.3. The zero-order valence-corrected chi connectivity index (χ0v) is 23.7. The Hall–Kier alpha value is -3.27. The van der Waals surface area contributed by atoms with Gasteiger partial charge in [0.2, 0.25) is 11.7 Å². The molecular weight excluding hydrogens is 520 g/mol. The van der Waals surface area contributed by atoms with Crippen LogP contribution in [-0.2, 0) is 4.74 Å². The van der Waals surface area contributed by atoms with Gasteiger partial charge >= 0.3 is 12.1 Å². The quantitative estimate of drug-likeness (QED) is 0.490. The number of anilines is 3. The number of ether oxygens (including phenoxy) is 2. The van der Waals surface area contributed by atoms with E-state index < -0.39 is 11.6 Å². The highest BCUT2D eigenvalue weighted by atomic mass is 35.5. The second-order valence-electron chi connectivity index (χ2n) is 11.2. The third-order valence-corrected chi connectivity index (χ3v) is 7.37. The Morgan fingerprint density at radius 2 is 1.28 bits per heavy atom. The Kier molecular flexibility index (Phi) is 8.02. The maximum absolute atomic E-state index is 13.3. The van der Waals surface area contributed by atoms with Crippen LogP contribution in [0.2, 0.25) is 5.02 Å². The summed E-state index contributed by atoms with van der Waals surface area (Å²) in [6.45, 7) is 11.1. The lowest BCUT2D eigenvalue weighted by Gasteiger charge is -2.37. The second kappa shape index (κ2) is 11.5. The first-order valence-electron chi connectivity index (χ1n) is 13.8. The number of hydrogen-bond donors (Lipinski definition) is 0. The fourth-order valence-corrected chi connectivity index (χ4v) is 5.21. The minimum Gasteiger partial charge on any atom is -0.444 e. The molecule has 1 aromatic heterocycles. The van der Waals surface area contributed by atoms with E-state index in [1.807, 2.05) is 20.8 Å². The van der Waals surface area contributed by atoms with Gasteiger partial charge in [0, 0.05) is 57.4 Å². The van der Waals surface area contributed by atoms with Crippen LogP contribution in [0.5, 0.6) is 5.75 Å². The van der Waals surface area contributed by atoms with Crippen molar-refractivity contribution in [1.82, 2.24) is 14.9 Å². The van der Waals surface area contributed by atoms with Gasteiger partial charge < -0.3 is 29.1 Å². The molecule has 3 fully saturated rings. The Morgan fingerprint density at radius 3 is 1.82 bits per heavy atom. The van der Waals surface area contributed by atoms with E-state index in [1.165, 1.54) is 0 Å². The lowest BCUT2D eigenvalue weighted by atomic mass is 10.2. The Balaban J connectivity index is 1.48. The van der Waals surface area contributed by atoms with Crippen LogP contribution in [0, 0.1) is 0 Å². The number of nitrogens with zero attached hydrogens (tertiary/aromatic N) is 6. The Bertz CT molecular complexity index is 1180. The summed E-state index contributed by atoms with van der Waals surface area (Å²) >= 11 is 6.04. The topological polar surface area (TPSA) is 91.3 Å². The summed E-state index contributed by atoms with van der Waals surface area (Å²) in [5.41, 5.74) is -0.157. The molecule has 4 heterocycles. The van der Waals surface area contributed by atoms with Crippen LogP contribution in [0.25, 0.3) is 0 Å². The predicted molar refractivity (Wildman–Crippen MR) is 151 cm³/mol. The van der Waals surface area contributed by atoms with Crippen molar-refractivity contribution in [3.05, 3.63) is 34.9 Å². The highest BCUT2D eigenvalue weighted by Crippen LogP contribution is 2.40. The molecule has 210 valence electrons. The van der Waals surface area contributed by atoms with E-state index in [0.29, 0.717) is 60.1 Å². The minimum atomic E-state index is -0.556. The first-order chi connectivity index (χ1) is 18.7. The minimum absolute atomic E-state index is 0.324. The number of aromatic nitrogens is 2. The molecule has 0 aliphatic carbocycles. The van der Waals surface area contributed by atoms with Gasteiger partial charge in [-0.15, -0.1) is 0 Å². The van der Waals surface area contributed by atoms with Crippen molar-refractivity contribution >= 4 is 41.2 Å². The molecule has 11 heteroatoms. The average Bonchev–Trinajstić information content (AvgIpc) is 3.63. The van der Waals surface area contributed by atoms with E-state index in [9.17, 15) is 9.59 Å². The number of benzene rings is 1. The van der Waals surface area contributed by atoms with Crippen LogP contribution in [-0.4, -0.2) is 84.9 Å². The number of hydrogen-bond acceptors (Lipinski definition) is 9. The molecule has 0 atom stereocenters. The van der Waals surface area contributed by atoms with E-state index in [-0.39, 0.29) is 6.09 Å². The molecule has 1 amide bonds. The number of carbonyl (C=O) groups excluding carboxylic acids is 2. The van der Waals surface area contributed by atoms with Gasteiger partial charge in [0.25, 0.3) is 0 Å². The van der Waals surface area contributed by atoms with Crippen LogP contribution < -0.4 is 19.4 Å². The van der Waals surface area contributed by atoms with Gasteiger partial charge in [-0.2, -0.15) is 9.97 Å². The van der Waals surface area contributed by atoms with Gasteiger partial charge in [-0.25, -0.2) is 9.59 Å². The molecule has 0 spiro atoms. The molecular formula is C28H37ClN6O4. The summed E-state index contributed by atoms with van der Waals surface area (Å²) in [5.74, 6) is 1.77. The monoisotopic (exact) mass is 556 g/mol. The number of amides is 1. The molecule has 2 aromatic rings. The van der Waals surface area contributed by atoms with Gasteiger partial charge in [0.05, 0.1) is 5.56 Å². The van der Waals surface area contributed by atoms with Gasteiger partial charge in [0.1, 0.15) is 5.60 Å².